The molecule has 2 aromatic carbocycles. The second kappa shape index (κ2) is 21.0. The molecule has 1 aromatic heterocycles. The highest BCUT2D eigenvalue weighted by Crippen LogP contribution is 2.66. The van der Waals surface area contributed by atoms with Crippen molar-refractivity contribution in [3.05, 3.63) is 98.2 Å². The SMILES string of the molecule is Nc1nc(=O)n([C@@H]2O[C@H](COP(=O)(O)OP(=O)(O)OP(=O)(O)O)[C@@H](O)[C@H]2O)cc1C#CCNC(=O)CCCCCNC(=O)c1ccc(-c2c3ccc(=O)cc-3oc3cc(O)ccc23)c(C(=O)O)c1. The number of rotatable bonds is 18. The number of carboxylic acids is 1. The number of nitrogen functional groups attached to an aromatic ring is 1. The lowest BCUT2D eigenvalue weighted by Gasteiger charge is -2.19. The van der Waals surface area contributed by atoms with Crippen LogP contribution < -0.4 is 27.5 Å². The minimum atomic E-state index is -5.85. The highest BCUT2D eigenvalue weighted by atomic mass is 31.3. The summed E-state index contributed by atoms with van der Waals surface area (Å²) >= 11 is 0. The summed E-state index contributed by atoms with van der Waals surface area (Å²) in [6.45, 7) is -1.13. The molecule has 68 heavy (non-hydrogen) atoms. The van der Waals surface area contributed by atoms with Gasteiger partial charge in [0.1, 0.15) is 41.2 Å². The third-order valence-electron chi connectivity index (χ3n) is 9.83. The number of aliphatic hydroxyl groups is 2. The largest absolute Gasteiger partial charge is 0.508 e. The van der Waals surface area contributed by atoms with Crippen molar-refractivity contribution >= 4 is 58.0 Å². The van der Waals surface area contributed by atoms with Crippen molar-refractivity contribution in [2.24, 2.45) is 0 Å². The van der Waals surface area contributed by atoms with E-state index in [1.165, 1.54) is 48.5 Å². The summed E-state index contributed by atoms with van der Waals surface area (Å²) in [4.78, 5) is 103. The molecule has 6 rings (SSSR count). The van der Waals surface area contributed by atoms with Crippen LogP contribution in [0.2, 0.25) is 0 Å². The number of unbranched alkanes of at least 4 members (excludes halogenated alkanes) is 2. The number of aromatic carboxylic acids is 1. The number of aromatic hydroxyl groups is 1. The van der Waals surface area contributed by atoms with Crippen LogP contribution in [-0.4, -0.2) is 105 Å². The molecule has 29 heteroatoms. The fourth-order valence-electron chi connectivity index (χ4n) is 6.82. The molecule has 2 aliphatic heterocycles. The summed E-state index contributed by atoms with van der Waals surface area (Å²) in [7, 11) is -17.1. The molecule has 1 fully saturated rings. The van der Waals surface area contributed by atoms with E-state index in [9.17, 15) is 67.9 Å². The molecule has 2 amide bonds. The molecule has 1 saturated heterocycles. The molecule has 2 unspecified atom stereocenters. The highest BCUT2D eigenvalue weighted by molar-refractivity contribution is 7.66. The number of anilines is 1. The number of carbonyl (C=O) groups excluding carboxylic acids is 2. The number of aromatic nitrogens is 2. The lowest BCUT2D eigenvalue weighted by atomic mass is 9.90. The summed E-state index contributed by atoms with van der Waals surface area (Å²) in [5.74, 6) is 2.68. The van der Waals surface area contributed by atoms with Gasteiger partial charge in [0.15, 0.2) is 11.7 Å². The molecule has 0 saturated carbocycles. The van der Waals surface area contributed by atoms with Crippen LogP contribution in [0.5, 0.6) is 5.75 Å². The van der Waals surface area contributed by atoms with Crippen molar-refractivity contribution in [3.8, 4) is 40.0 Å². The molecule has 3 heterocycles. The number of nitrogens with two attached hydrogens (primary N) is 1. The number of nitrogens with one attached hydrogen (secondary N) is 2. The number of phosphoric ester groups is 1. The van der Waals surface area contributed by atoms with Crippen LogP contribution in [-0.2, 0) is 36.4 Å². The zero-order valence-electron chi connectivity index (χ0n) is 34.7. The summed E-state index contributed by atoms with van der Waals surface area (Å²) in [6.07, 6.45) is -4.76. The molecule has 3 aromatic rings. The number of benzene rings is 3. The third-order valence-corrected chi connectivity index (χ3v) is 13.6. The molecule has 3 aliphatic rings. The number of phosphoric acid groups is 3. The fourth-order valence-corrected chi connectivity index (χ4v) is 9.85. The molecule has 12 N–H and O–H groups in total. The van der Waals surface area contributed by atoms with Gasteiger partial charge in [0.2, 0.25) is 5.91 Å². The summed E-state index contributed by atoms with van der Waals surface area (Å²) in [5, 5.41) is 47.0. The highest BCUT2D eigenvalue weighted by Gasteiger charge is 2.47. The molecular formula is C39H40N5O21P3. The third kappa shape index (κ3) is 12.9. The van der Waals surface area contributed by atoms with Gasteiger partial charge in [-0.25, -0.2) is 23.3 Å². The molecule has 6 atom stereocenters. The van der Waals surface area contributed by atoms with Crippen molar-refractivity contribution in [2.75, 3.05) is 25.4 Å². The van der Waals surface area contributed by atoms with Crippen LogP contribution in [0.15, 0.2) is 74.8 Å². The Morgan fingerprint density at radius 1 is 0.882 bits per heavy atom. The van der Waals surface area contributed by atoms with Gasteiger partial charge in [-0.1, -0.05) is 24.3 Å². The number of hydrogen-bond acceptors (Lipinski definition) is 18. The maximum absolute atomic E-state index is 13.1. The molecule has 0 radical (unpaired) electrons. The van der Waals surface area contributed by atoms with Crippen molar-refractivity contribution < 1.29 is 90.4 Å². The Labute approximate surface area is 381 Å². The van der Waals surface area contributed by atoms with Crippen molar-refractivity contribution in [3.63, 3.8) is 0 Å². The summed E-state index contributed by atoms with van der Waals surface area (Å²) < 4.78 is 58.0. The minimum Gasteiger partial charge on any atom is -0.508 e. The maximum Gasteiger partial charge on any atom is 0.490 e. The van der Waals surface area contributed by atoms with E-state index in [0.29, 0.717) is 40.3 Å². The predicted octanol–water partition coefficient (Wildman–Crippen LogP) is 1.53. The molecule has 0 bridgehead atoms. The van der Waals surface area contributed by atoms with E-state index >= 15 is 0 Å². The predicted molar refractivity (Wildman–Crippen MR) is 233 cm³/mol. The molecule has 0 spiro atoms. The van der Waals surface area contributed by atoms with Gasteiger partial charge in [-0.05, 0) is 54.8 Å². The van der Waals surface area contributed by atoms with Crippen LogP contribution >= 0.6 is 23.5 Å². The number of ether oxygens (including phenoxy) is 1. The minimum absolute atomic E-state index is 0.0715. The first-order chi connectivity index (χ1) is 31.9. The van der Waals surface area contributed by atoms with E-state index in [-0.39, 0.29) is 76.0 Å². The number of phenolic OH excluding ortho intramolecular Hbond substituents is 1. The zero-order valence-corrected chi connectivity index (χ0v) is 37.4. The first-order valence-corrected chi connectivity index (χ1v) is 24.2. The number of amides is 2. The van der Waals surface area contributed by atoms with Gasteiger partial charge >= 0.3 is 35.1 Å². The van der Waals surface area contributed by atoms with Gasteiger partial charge in [-0.15, -0.1) is 0 Å². The molecule has 26 nitrogen and oxygen atoms in total. The van der Waals surface area contributed by atoms with E-state index in [1.54, 1.807) is 6.07 Å². The van der Waals surface area contributed by atoms with E-state index in [4.69, 9.17) is 24.7 Å². The van der Waals surface area contributed by atoms with Crippen LogP contribution in [0.4, 0.5) is 5.82 Å². The molecule has 1 aliphatic carbocycles. The standard InChI is InChI=1S/C39H40N5O21P3/c40-35-21(18-44(39(53)43-35)37-34(49)33(48)30(63-37)19-61-67(57,58)65-68(59,60)64-66(54,55)56)5-4-14-41-31(47)6-2-1-3-13-42-36(50)20-7-10-24(27(15-20)38(51)52)32-25-11-8-22(45)16-28(25)62-29-17-23(46)9-12-26(29)32/h7-12,15-18,30,33-34,37,45,48-49H,1-3,6,13-14,19H2,(H,41,47)(H,42,50)(H,51,52)(H,57,58)(H,59,60)(H2,40,43,53)(H2,54,55,56)/t30-,33-,34-,37-/m1/s1. The molecule has 362 valence electrons. The first kappa shape index (κ1) is 51.3. The van der Waals surface area contributed by atoms with Gasteiger partial charge in [0, 0.05) is 53.4 Å². The van der Waals surface area contributed by atoms with Crippen LogP contribution in [0.1, 0.15) is 58.2 Å². The van der Waals surface area contributed by atoms with Crippen LogP contribution in [0.25, 0.3) is 33.4 Å². The van der Waals surface area contributed by atoms with Gasteiger partial charge < -0.3 is 65.5 Å². The average molecular weight is 1010 g/mol. The number of hydrogen-bond donors (Lipinski definition) is 11. The van der Waals surface area contributed by atoms with E-state index in [0.717, 1.165) is 6.20 Å². The Morgan fingerprint density at radius 2 is 1.62 bits per heavy atom. The zero-order chi connectivity index (χ0) is 49.7. The van der Waals surface area contributed by atoms with Crippen molar-refractivity contribution in [1.29, 1.82) is 0 Å². The smallest absolute Gasteiger partial charge is 0.490 e. The van der Waals surface area contributed by atoms with Crippen molar-refractivity contribution in [2.45, 2.75) is 50.2 Å². The number of aliphatic hydroxyl groups excluding tert-OH is 2. The Hall–Kier alpha value is -6.13. The van der Waals surface area contributed by atoms with Crippen molar-refractivity contribution in [1.82, 2.24) is 20.2 Å². The van der Waals surface area contributed by atoms with E-state index in [2.05, 4.69) is 40.6 Å². The number of fused-ring (bicyclic) bond motifs is 2. The number of carbonyl (C=O) groups is 3. The second-order valence-electron chi connectivity index (χ2n) is 14.7. The second-order valence-corrected chi connectivity index (χ2v) is 19.1. The maximum atomic E-state index is 13.1. The Kier molecular flexibility index (Phi) is 15.9. The van der Waals surface area contributed by atoms with Gasteiger partial charge in [-0.2, -0.15) is 13.6 Å². The monoisotopic (exact) mass is 1010 g/mol. The first-order valence-electron chi connectivity index (χ1n) is 19.7. The molecular weight excluding hydrogens is 967 g/mol. The number of carboxylic acid groups (broad SMARTS) is 1. The van der Waals surface area contributed by atoms with Crippen LogP contribution in [0, 0.1) is 11.8 Å². The van der Waals surface area contributed by atoms with Gasteiger partial charge in [-0.3, -0.25) is 23.5 Å². The van der Waals surface area contributed by atoms with Gasteiger partial charge in [0.25, 0.3) is 5.91 Å². The van der Waals surface area contributed by atoms with Gasteiger partial charge in [0.05, 0.1) is 24.3 Å². The number of nitrogens with zero attached hydrogens (tertiary/aromatic N) is 2. The quantitative estimate of drug-likeness (QED) is 0.0256. The normalized spacial score (nSPS) is 18.9. The summed E-state index contributed by atoms with van der Waals surface area (Å²) in [6, 6.07) is 12.6. The Bertz CT molecular complexity index is 3070. The average Bonchev–Trinajstić information content (AvgIpc) is 3.52. The Morgan fingerprint density at radius 3 is 2.34 bits per heavy atom. The summed E-state index contributed by atoms with van der Waals surface area (Å²) in [5.41, 5.74) is 5.50. The lowest BCUT2D eigenvalue weighted by Crippen LogP contribution is -2.36. The number of phenols is 1. The lowest BCUT2D eigenvalue weighted by molar-refractivity contribution is -0.121. The van der Waals surface area contributed by atoms with Crippen LogP contribution in [0.3, 0.4) is 0 Å². The van der Waals surface area contributed by atoms with E-state index < -0.39 is 72.2 Å². The topological polar surface area (TPSA) is 416 Å². The fraction of sp³-hybridized carbons (Fsp3) is 0.282. The Balaban J connectivity index is 0.969. The van der Waals surface area contributed by atoms with E-state index in [1.807, 2.05) is 0 Å².